The van der Waals surface area contributed by atoms with Gasteiger partial charge in [-0.3, -0.25) is 4.90 Å². The van der Waals surface area contributed by atoms with Crippen LogP contribution in [0.1, 0.15) is 12.7 Å². The van der Waals surface area contributed by atoms with Crippen LogP contribution in [-0.2, 0) is 0 Å². The molecule has 0 radical (unpaired) electrons. The van der Waals surface area contributed by atoms with Crippen molar-refractivity contribution in [2.45, 2.75) is 13.8 Å². The fourth-order valence-electron chi connectivity index (χ4n) is 1.85. The van der Waals surface area contributed by atoms with E-state index in [0.717, 1.165) is 5.56 Å². The minimum Gasteiger partial charge on any atom is -0.465 e. The molecule has 0 bridgehead atoms. The first-order valence-electron chi connectivity index (χ1n) is 6.13. The van der Waals surface area contributed by atoms with Crippen molar-refractivity contribution < 1.29 is 9.90 Å². The first kappa shape index (κ1) is 14.3. The van der Waals surface area contributed by atoms with Gasteiger partial charge < -0.3 is 5.11 Å². The lowest BCUT2D eigenvalue weighted by Crippen LogP contribution is -2.29. The second-order valence-electron chi connectivity index (χ2n) is 4.19. The molecule has 0 unspecified atom stereocenters. The minimum absolute atomic E-state index is 0.325. The first-order chi connectivity index (χ1) is 9.51. The maximum Gasteiger partial charge on any atom is 0.413 e. The molecule has 2 aromatic rings. The van der Waals surface area contributed by atoms with Gasteiger partial charge in [-0.25, -0.2) is 14.8 Å². The molecule has 0 saturated carbocycles. The Kier molecular flexibility index (Phi) is 4.20. The number of nitrogens with zero attached hydrogens (tertiary/aromatic N) is 3. The molecule has 1 aromatic carbocycles. The van der Waals surface area contributed by atoms with E-state index in [1.165, 1.54) is 4.90 Å². The van der Waals surface area contributed by atoms with Gasteiger partial charge in [0, 0.05) is 23.2 Å². The summed E-state index contributed by atoms with van der Waals surface area (Å²) in [7, 11) is 0. The molecular weight excluding hydrogens is 278 g/mol. The largest absolute Gasteiger partial charge is 0.465 e. The monoisotopic (exact) mass is 291 g/mol. The molecule has 1 heterocycles. The number of anilines is 1. The lowest BCUT2D eigenvalue weighted by atomic mass is 10.1. The summed E-state index contributed by atoms with van der Waals surface area (Å²) in [5, 5.41) is 9.80. The maximum atomic E-state index is 11.2. The van der Waals surface area contributed by atoms with E-state index in [0.29, 0.717) is 28.9 Å². The Labute approximate surface area is 121 Å². The number of hydrogen-bond donors (Lipinski definition) is 1. The molecule has 104 valence electrons. The molecule has 5 nitrogen and oxygen atoms in total. The van der Waals surface area contributed by atoms with Gasteiger partial charge in [-0.2, -0.15) is 0 Å². The SMILES string of the molecule is CCN(C(=O)O)c1cc(-c2ccc(Cl)cc2)nc(C)n1. The second-order valence-corrected chi connectivity index (χ2v) is 4.63. The van der Waals surface area contributed by atoms with Gasteiger partial charge in [-0.05, 0) is 26.0 Å². The first-order valence-corrected chi connectivity index (χ1v) is 6.51. The highest BCUT2D eigenvalue weighted by Gasteiger charge is 2.15. The topological polar surface area (TPSA) is 66.3 Å². The number of halogens is 1. The van der Waals surface area contributed by atoms with E-state index in [-0.39, 0.29) is 0 Å². The third-order valence-electron chi connectivity index (χ3n) is 2.79. The van der Waals surface area contributed by atoms with Crippen LogP contribution in [0.25, 0.3) is 11.3 Å². The number of hydrogen-bond acceptors (Lipinski definition) is 3. The smallest absolute Gasteiger partial charge is 0.413 e. The Bertz CT molecular complexity index is 629. The Balaban J connectivity index is 2.48. The van der Waals surface area contributed by atoms with E-state index in [1.807, 2.05) is 12.1 Å². The van der Waals surface area contributed by atoms with Crippen LogP contribution in [0.5, 0.6) is 0 Å². The summed E-state index contributed by atoms with van der Waals surface area (Å²) in [4.78, 5) is 20.9. The van der Waals surface area contributed by atoms with Crippen LogP contribution in [0.4, 0.5) is 10.6 Å². The van der Waals surface area contributed by atoms with E-state index in [9.17, 15) is 4.79 Å². The zero-order chi connectivity index (χ0) is 14.7. The van der Waals surface area contributed by atoms with Crippen molar-refractivity contribution in [2.75, 3.05) is 11.4 Å². The van der Waals surface area contributed by atoms with Crippen LogP contribution in [0.15, 0.2) is 30.3 Å². The highest BCUT2D eigenvalue weighted by molar-refractivity contribution is 6.30. The molecule has 0 aliphatic heterocycles. The summed E-state index contributed by atoms with van der Waals surface area (Å²) >= 11 is 5.86. The molecule has 0 aliphatic carbocycles. The van der Waals surface area contributed by atoms with Crippen LogP contribution in [0, 0.1) is 6.92 Å². The van der Waals surface area contributed by atoms with Gasteiger partial charge in [-0.15, -0.1) is 0 Å². The summed E-state index contributed by atoms with van der Waals surface area (Å²) in [5.41, 5.74) is 1.53. The lowest BCUT2D eigenvalue weighted by Gasteiger charge is -2.17. The van der Waals surface area contributed by atoms with Crippen molar-refractivity contribution in [3.63, 3.8) is 0 Å². The fraction of sp³-hybridized carbons (Fsp3) is 0.214. The quantitative estimate of drug-likeness (QED) is 0.938. The van der Waals surface area contributed by atoms with Gasteiger partial charge in [-0.1, -0.05) is 23.7 Å². The Morgan fingerprint density at radius 3 is 2.50 bits per heavy atom. The van der Waals surface area contributed by atoms with Crippen LogP contribution in [0.3, 0.4) is 0 Å². The number of rotatable bonds is 3. The predicted octanol–water partition coefficient (Wildman–Crippen LogP) is 3.61. The highest BCUT2D eigenvalue weighted by atomic mass is 35.5. The molecule has 0 atom stereocenters. The highest BCUT2D eigenvalue weighted by Crippen LogP contribution is 2.23. The Hall–Kier alpha value is -2.14. The summed E-state index contributed by atoms with van der Waals surface area (Å²) in [5.74, 6) is 0.893. The number of aromatic nitrogens is 2. The van der Waals surface area contributed by atoms with Gasteiger partial charge in [0.2, 0.25) is 0 Å². The van der Waals surface area contributed by atoms with Gasteiger partial charge in [0.1, 0.15) is 11.6 Å². The van der Waals surface area contributed by atoms with E-state index >= 15 is 0 Å². The minimum atomic E-state index is -1.03. The number of carboxylic acid groups (broad SMARTS) is 1. The molecule has 1 amide bonds. The molecular formula is C14H14ClN3O2. The molecule has 2 rings (SSSR count). The summed E-state index contributed by atoms with van der Waals surface area (Å²) in [6.45, 7) is 3.82. The fourth-order valence-corrected chi connectivity index (χ4v) is 1.98. The zero-order valence-electron chi connectivity index (χ0n) is 11.2. The van der Waals surface area contributed by atoms with Crippen LogP contribution in [0.2, 0.25) is 5.02 Å². The van der Waals surface area contributed by atoms with E-state index in [2.05, 4.69) is 9.97 Å². The third kappa shape index (κ3) is 3.05. The van der Waals surface area contributed by atoms with Crippen LogP contribution >= 0.6 is 11.6 Å². The Morgan fingerprint density at radius 1 is 1.30 bits per heavy atom. The van der Waals surface area contributed by atoms with Crippen molar-refractivity contribution in [3.05, 3.63) is 41.2 Å². The normalized spacial score (nSPS) is 10.3. The van der Waals surface area contributed by atoms with E-state index in [1.54, 1.807) is 32.0 Å². The van der Waals surface area contributed by atoms with Crippen molar-refractivity contribution in [2.24, 2.45) is 0 Å². The standard InChI is InChI=1S/C14H14ClN3O2/c1-3-18(14(19)20)13-8-12(16-9(2)17-13)10-4-6-11(15)7-5-10/h4-8H,3H2,1-2H3,(H,19,20). The van der Waals surface area contributed by atoms with Crippen molar-refractivity contribution in [1.82, 2.24) is 9.97 Å². The molecule has 1 aromatic heterocycles. The predicted molar refractivity (Wildman–Crippen MR) is 78.3 cm³/mol. The zero-order valence-corrected chi connectivity index (χ0v) is 11.9. The molecule has 0 saturated heterocycles. The van der Waals surface area contributed by atoms with Gasteiger partial charge in [0.25, 0.3) is 0 Å². The molecule has 0 aliphatic rings. The number of aryl methyl sites for hydroxylation is 1. The maximum absolute atomic E-state index is 11.2. The number of benzene rings is 1. The average Bonchev–Trinajstić information content (AvgIpc) is 2.39. The van der Waals surface area contributed by atoms with E-state index in [4.69, 9.17) is 16.7 Å². The van der Waals surface area contributed by atoms with Crippen molar-refractivity contribution >= 4 is 23.5 Å². The number of amides is 1. The third-order valence-corrected chi connectivity index (χ3v) is 3.04. The van der Waals surface area contributed by atoms with E-state index < -0.39 is 6.09 Å². The Morgan fingerprint density at radius 2 is 1.95 bits per heavy atom. The van der Waals surface area contributed by atoms with Crippen molar-refractivity contribution in [1.29, 1.82) is 0 Å². The summed E-state index contributed by atoms with van der Waals surface area (Å²) in [6, 6.07) is 8.87. The molecule has 0 fully saturated rings. The van der Waals surface area contributed by atoms with Crippen LogP contribution in [-0.4, -0.2) is 27.7 Å². The average molecular weight is 292 g/mol. The molecule has 6 heteroatoms. The van der Waals surface area contributed by atoms with Gasteiger partial charge in [0.05, 0.1) is 5.69 Å². The summed E-state index contributed by atoms with van der Waals surface area (Å²) in [6.07, 6.45) is -1.03. The number of carbonyl (C=O) groups is 1. The lowest BCUT2D eigenvalue weighted by molar-refractivity contribution is 0.202. The summed E-state index contributed by atoms with van der Waals surface area (Å²) < 4.78 is 0. The molecule has 20 heavy (non-hydrogen) atoms. The van der Waals surface area contributed by atoms with Gasteiger partial charge >= 0.3 is 6.09 Å². The second kappa shape index (κ2) is 5.88. The molecule has 1 N–H and O–H groups in total. The van der Waals surface area contributed by atoms with Crippen LogP contribution < -0.4 is 4.90 Å². The van der Waals surface area contributed by atoms with Crippen molar-refractivity contribution in [3.8, 4) is 11.3 Å². The molecule has 0 spiro atoms. The van der Waals surface area contributed by atoms with Gasteiger partial charge in [0.15, 0.2) is 0 Å².